The molecule has 5 nitrogen and oxygen atoms in total. The number of hydrogen-bond acceptors (Lipinski definition) is 3. The van der Waals surface area contributed by atoms with E-state index in [1.807, 2.05) is 0 Å². The molecule has 0 aliphatic rings. The standard InChI is InChI=1S/C15H14ClN3O2/c1-19(2)15(21)10-6-3-4-7-11(10)18-14(20)12-8-5-9-13(16)17-12/h3-9H,1-2H3,(H,18,20). The molecule has 2 rings (SSSR count). The van der Waals surface area contributed by atoms with E-state index in [0.717, 1.165) is 0 Å². The van der Waals surface area contributed by atoms with E-state index in [0.29, 0.717) is 11.3 Å². The predicted molar refractivity (Wildman–Crippen MR) is 81.7 cm³/mol. The van der Waals surface area contributed by atoms with Crippen LogP contribution >= 0.6 is 11.6 Å². The minimum Gasteiger partial charge on any atom is -0.345 e. The van der Waals surface area contributed by atoms with Gasteiger partial charge < -0.3 is 10.2 Å². The van der Waals surface area contributed by atoms with Crippen molar-refractivity contribution in [2.75, 3.05) is 19.4 Å². The Kier molecular flexibility index (Phi) is 4.55. The van der Waals surface area contributed by atoms with Crippen molar-refractivity contribution in [3.63, 3.8) is 0 Å². The fourth-order valence-corrected chi connectivity index (χ4v) is 1.90. The number of benzene rings is 1. The highest BCUT2D eigenvalue weighted by atomic mass is 35.5. The Labute approximate surface area is 127 Å². The maximum atomic E-state index is 12.2. The van der Waals surface area contributed by atoms with Crippen LogP contribution < -0.4 is 5.32 Å². The molecule has 0 aliphatic carbocycles. The SMILES string of the molecule is CN(C)C(=O)c1ccccc1NC(=O)c1cccc(Cl)n1. The number of nitrogens with zero attached hydrogens (tertiary/aromatic N) is 2. The van der Waals surface area contributed by atoms with Gasteiger partial charge in [0.1, 0.15) is 10.8 Å². The van der Waals surface area contributed by atoms with Crippen LogP contribution in [0.2, 0.25) is 5.15 Å². The molecule has 0 radical (unpaired) electrons. The first-order chi connectivity index (χ1) is 9.99. The molecule has 1 N–H and O–H groups in total. The Morgan fingerprint density at radius 2 is 1.81 bits per heavy atom. The second-order valence-corrected chi connectivity index (χ2v) is 4.93. The van der Waals surface area contributed by atoms with Gasteiger partial charge in [-0.3, -0.25) is 9.59 Å². The Morgan fingerprint density at radius 1 is 1.10 bits per heavy atom. The van der Waals surface area contributed by atoms with E-state index in [-0.39, 0.29) is 16.8 Å². The summed E-state index contributed by atoms with van der Waals surface area (Å²) in [6.45, 7) is 0. The van der Waals surface area contributed by atoms with Crippen LogP contribution in [0.5, 0.6) is 0 Å². The maximum absolute atomic E-state index is 12.2. The lowest BCUT2D eigenvalue weighted by molar-refractivity contribution is 0.0828. The first kappa shape index (κ1) is 15.0. The quantitative estimate of drug-likeness (QED) is 0.887. The van der Waals surface area contributed by atoms with Gasteiger partial charge >= 0.3 is 0 Å². The van der Waals surface area contributed by atoms with Crippen LogP contribution in [0, 0.1) is 0 Å². The predicted octanol–water partition coefficient (Wildman–Crippen LogP) is 2.69. The molecular weight excluding hydrogens is 290 g/mol. The van der Waals surface area contributed by atoms with Gasteiger partial charge in [0.2, 0.25) is 0 Å². The van der Waals surface area contributed by atoms with E-state index in [2.05, 4.69) is 10.3 Å². The highest BCUT2D eigenvalue weighted by Gasteiger charge is 2.15. The lowest BCUT2D eigenvalue weighted by atomic mass is 10.1. The molecule has 0 saturated carbocycles. The summed E-state index contributed by atoms with van der Waals surface area (Å²) in [4.78, 5) is 29.6. The normalized spacial score (nSPS) is 10.0. The molecule has 0 saturated heterocycles. The molecule has 0 bridgehead atoms. The van der Waals surface area contributed by atoms with Crippen LogP contribution in [0.3, 0.4) is 0 Å². The average molecular weight is 304 g/mol. The number of aromatic nitrogens is 1. The molecule has 2 aromatic rings. The zero-order valence-electron chi connectivity index (χ0n) is 11.6. The molecule has 1 heterocycles. The summed E-state index contributed by atoms with van der Waals surface area (Å²) in [6.07, 6.45) is 0. The fourth-order valence-electron chi connectivity index (χ4n) is 1.74. The molecule has 0 unspecified atom stereocenters. The van der Waals surface area contributed by atoms with Gasteiger partial charge in [-0.25, -0.2) is 4.98 Å². The number of amides is 2. The third-order valence-corrected chi connectivity index (χ3v) is 2.97. The molecule has 108 valence electrons. The van der Waals surface area contributed by atoms with Gasteiger partial charge in [0.25, 0.3) is 11.8 Å². The first-order valence-electron chi connectivity index (χ1n) is 6.23. The van der Waals surface area contributed by atoms with Crippen molar-refractivity contribution >= 4 is 29.1 Å². The van der Waals surface area contributed by atoms with Crippen molar-refractivity contribution in [1.29, 1.82) is 0 Å². The topological polar surface area (TPSA) is 62.3 Å². The van der Waals surface area contributed by atoms with Gasteiger partial charge in [-0.1, -0.05) is 29.8 Å². The molecule has 2 amide bonds. The van der Waals surface area contributed by atoms with E-state index in [4.69, 9.17) is 11.6 Å². The van der Waals surface area contributed by atoms with Crippen LogP contribution in [-0.4, -0.2) is 35.8 Å². The Hall–Kier alpha value is -2.40. The van der Waals surface area contributed by atoms with Gasteiger partial charge in [0, 0.05) is 14.1 Å². The maximum Gasteiger partial charge on any atom is 0.274 e. The summed E-state index contributed by atoms with van der Waals surface area (Å²) in [5, 5.41) is 2.92. The third kappa shape index (κ3) is 3.58. The van der Waals surface area contributed by atoms with Gasteiger partial charge in [-0.05, 0) is 24.3 Å². The first-order valence-corrected chi connectivity index (χ1v) is 6.61. The van der Waals surface area contributed by atoms with Crippen LogP contribution in [-0.2, 0) is 0 Å². The second kappa shape index (κ2) is 6.37. The minimum atomic E-state index is -0.420. The Morgan fingerprint density at radius 3 is 2.48 bits per heavy atom. The number of hydrogen-bond donors (Lipinski definition) is 1. The van der Waals surface area contributed by atoms with Crippen molar-refractivity contribution in [3.05, 3.63) is 58.9 Å². The van der Waals surface area contributed by atoms with Gasteiger partial charge in [-0.2, -0.15) is 0 Å². The van der Waals surface area contributed by atoms with Gasteiger partial charge in [0.15, 0.2) is 0 Å². The molecule has 0 spiro atoms. The number of anilines is 1. The number of pyridine rings is 1. The summed E-state index contributed by atoms with van der Waals surface area (Å²) in [7, 11) is 3.30. The largest absolute Gasteiger partial charge is 0.345 e. The molecule has 0 fully saturated rings. The summed E-state index contributed by atoms with van der Waals surface area (Å²) < 4.78 is 0. The molecule has 0 aliphatic heterocycles. The minimum absolute atomic E-state index is 0.189. The van der Waals surface area contributed by atoms with Crippen LogP contribution in [0.1, 0.15) is 20.8 Å². The summed E-state index contributed by atoms with van der Waals surface area (Å²) in [6, 6.07) is 11.6. The van der Waals surface area contributed by atoms with Crippen molar-refractivity contribution in [1.82, 2.24) is 9.88 Å². The number of para-hydroxylation sites is 1. The molecule has 1 aromatic heterocycles. The average Bonchev–Trinajstić information content (AvgIpc) is 2.47. The number of halogens is 1. The van der Waals surface area contributed by atoms with Crippen molar-refractivity contribution < 1.29 is 9.59 Å². The lowest BCUT2D eigenvalue weighted by Crippen LogP contribution is -2.24. The monoisotopic (exact) mass is 303 g/mol. The molecule has 6 heteroatoms. The lowest BCUT2D eigenvalue weighted by Gasteiger charge is -2.14. The summed E-state index contributed by atoms with van der Waals surface area (Å²) in [5.74, 6) is -0.610. The Balaban J connectivity index is 2.28. The number of carbonyl (C=O) groups is 2. The van der Waals surface area contributed by atoms with Crippen LogP contribution in [0.25, 0.3) is 0 Å². The van der Waals surface area contributed by atoms with Crippen molar-refractivity contribution in [2.24, 2.45) is 0 Å². The Bertz CT molecular complexity index is 686. The zero-order valence-corrected chi connectivity index (χ0v) is 12.4. The fraction of sp³-hybridized carbons (Fsp3) is 0.133. The third-order valence-electron chi connectivity index (χ3n) is 2.76. The molecule has 21 heavy (non-hydrogen) atoms. The van der Waals surface area contributed by atoms with E-state index >= 15 is 0 Å². The smallest absolute Gasteiger partial charge is 0.274 e. The highest BCUT2D eigenvalue weighted by Crippen LogP contribution is 2.17. The number of rotatable bonds is 3. The number of nitrogens with one attached hydrogen (secondary N) is 1. The number of carbonyl (C=O) groups excluding carboxylic acids is 2. The summed E-state index contributed by atoms with van der Waals surface area (Å²) in [5.41, 5.74) is 1.04. The molecule has 1 aromatic carbocycles. The van der Waals surface area contributed by atoms with Gasteiger partial charge in [0.05, 0.1) is 11.3 Å². The highest BCUT2D eigenvalue weighted by molar-refractivity contribution is 6.29. The van der Waals surface area contributed by atoms with E-state index < -0.39 is 5.91 Å². The van der Waals surface area contributed by atoms with E-state index in [1.54, 1.807) is 56.6 Å². The van der Waals surface area contributed by atoms with Crippen LogP contribution in [0.4, 0.5) is 5.69 Å². The van der Waals surface area contributed by atoms with E-state index in [9.17, 15) is 9.59 Å². The zero-order chi connectivity index (χ0) is 15.4. The van der Waals surface area contributed by atoms with Crippen molar-refractivity contribution in [3.8, 4) is 0 Å². The van der Waals surface area contributed by atoms with Crippen molar-refractivity contribution in [2.45, 2.75) is 0 Å². The van der Waals surface area contributed by atoms with E-state index in [1.165, 1.54) is 4.90 Å². The summed E-state index contributed by atoms with van der Waals surface area (Å²) >= 11 is 5.76. The molecular formula is C15H14ClN3O2. The molecule has 0 atom stereocenters. The second-order valence-electron chi connectivity index (χ2n) is 4.54. The van der Waals surface area contributed by atoms with Gasteiger partial charge in [-0.15, -0.1) is 0 Å². The van der Waals surface area contributed by atoms with Crippen LogP contribution in [0.15, 0.2) is 42.5 Å².